The Morgan fingerprint density at radius 2 is 1.40 bits per heavy atom. The van der Waals surface area contributed by atoms with E-state index in [4.69, 9.17) is 0 Å². The van der Waals surface area contributed by atoms with E-state index in [1.165, 1.54) is 21.1 Å². The molecule has 1 rings (SSSR count). The van der Waals surface area contributed by atoms with Crippen LogP contribution in [-0.2, 0) is 0 Å². The van der Waals surface area contributed by atoms with Gasteiger partial charge in [0.15, 0.2) is 0 Å². The van der Waals surface area contributed by atoms with Crippen molar-refractivity contribution in [3.05, 3.63) is 28.8 Å². The molecule has 1 aromatic carbocycles. The van der Waals surface area contributed by atoms with Crippen LogP contribution in [0.1, 0.15) is 16.7 Å². The molecule has 0 bridgehead atoms. The predicted molar refractivity (Wildman–Crippen MR) is 46.0 cm³/mol. The maximum atomic E-state index is 2.77. The molecule has 10 heavy (non-hydrogen) atoms. The Morgan fingerprint density at radius 3 is 1.80 bits per heavy atom. The van der Waals surface area contributed by atoms with Crippen molar-refractivity contribution in [3.63, 3.8) is 0 Å². The first-order valence-corrected chi connectivity index (χ1v) is 4.02. The summed E-state index contributed by atoms with van der Waals surface area (Å²) in [5, 5.41) is 0. The van der Waals surface area contributed by atoms with Gasteiger partial charge < -0.3 is 0 Å². The van der Waals surface area contributed by atoms with Gasteiger partial charge in [0, 0.05) is 0 Å². The Kier molecular flexibility index (Phi) is 2.18. The Bertz CT molecular complexity index is 228. The first kappa shape index (κ1) is 7.86. The zero-order valence-electron chi connectivity index (χ0n) is 6.73. The summed E-state index contributed by atoms with van der Waals surface area (Å²) in [4.78, 5) is 0. The van der Waals surface area contributed by atoms with Crippen LogP contribution in [0.2, 0.25) is 0 Å². The molecule has 0 heterocycles. The van der Waals surface area contributed by atoms with Crippen LogP contribution in [0.5, 0.6) is 0 Å². The molecular weight excluding hydrogens is 135 g/mol. The second-order valence-electron chi connectivity index (χ2n) is 2.81. The third-order valence-electron chi connectivity index (χ3n) is 1.74. The van der Waals surface area contributed by atoms with Gasteiger partial charge in [0.2, 0.25) is 0 Å². The first-order valence-electron chi connectivity index (χ1n) is 3.44. The van der Waals surface area contributed by atoms with E-state index in [1.54, 1.807) is 0 Å². The monoisotopic (exact) mass is 146 g/mol. The molecule has 0 saturated heterocycles. The molecule has 0 N–H and O–H groups in total. The summed E-state index contributed by atoms with van der Waals surface area (Å²) < 4.78 is 1.34. The van der Waals surface area contributed by atoms with E-state index < -0.39 is 0 Å². The second kappa shape index (κ2) is 2.78. The molecule has 1 aromatic rings. The first-order chi connectivity index (χ1) is 4.61. The zero-order chi connectivity index (χ0) is 7.72. The van der Waals surface area contributed by atoms with Crippen LogP contribution >= 0.6 is 0 Å². The molecule has 0 nitrogen and oxygen atoms in total. The molecule has 1 heteroatoms. The summed E-state index contributed by atoms with van der Waals surface area (Å²) in [5.74, 6) is 0. The molecule has 0 unspecified atom stereocenters. The predicted octanol–water partition coefficient (Wildman–Crippen LogP) is 1.41. The average molecular weight is 146 g/mol. The molecule has 0 fully saturated rings. The minimum absolute atomic E-state index is 1.34. The number of hydrogen-bond acceptors (Lipinski definition) is 0. The quantitative estimate of drug-likeness (QED) is 0.485. The SMILES string of the molecule is Cc1cc(C)[c]([Al+2])c(C)c1. The van der Waals surface area contributed by atoms with Crippen LogP contribution in [0.25, 0.3) is 0 Å². The van der Waals surface area contributed by atoms with E-state index in [9.17, 15) is 0 Å². The van der Waals surface area contributed by atoms with Gasteiger partial charge in [-0.05, 0) is 0 Å². The number of aryl methyl sites for hydroxylation is 3. The summed E-state index contributed by atoms with van der Waals surface area (Å²) >= 11 is 2.77. The van der Waals surface area contributed by atoms with Crippen molar-refractivity contribution < 1.29 is 0 Å². The van der Waals surface area contributed by atoms with Crippen LogP contribution in [0.3, 0.4) is 0 Å². The Morgan fingerprint density at radius 1 is 1.00 bits per heavy atom. The van der Waals surface area contributed by atoms with Crippen molar-refractivity contribution in [2.45, 2.75) is 20.8 Å². The summed E-state index contributed by atoms with van der Waals surface area (Å²) in [5.41, 5.74) is 4.08. The molecular formula is C9H11Al+2. The van der Waals surface area contributed by atoms with Crippen LogP contribution < -0.4 is 4.43 Å². The Balaban J connectivity index is 3.31. The zero-order valence-corrected chi connectivity index (χ0v) is 7.89. The van der Waals surface area contributed by atoms with E-state index in [2.05, 4.69) is 49.2 Å². The minimum atomic E-state index is 1.34. The Labute approximate surface area is 70.7 Å². The molecule has 0 amide bonds. The van der Waals surface area contributed by atoms with Crippen LogP contribution in [-0.4, -0.2) is 16.3 Å². The van der Waals surface area contributed by atoms with Gasteiger partial charge in [-0.25, -0.2) is 0 Å². The molecule has 0 aromatic heterocycles. The summed E-state index contributed by atoms with van der Waals surface area (Å²) in [6.45, 7) is 6.41. The summed E-state index contributed by atoms with van der Waals surface area (Å²) in [7, 11) is 0. The second-order valence-corrected chi connectivity index (χ2v) is 3.39. The van der Waals surface area contributed by atoms with E-state index >= 15 is 0 Å². The standard InChI is InChI=1S/C9H11.Al/c1-7-4-8(2)6-9(3)5-7;/h4-5H,1-3H3;/q;+2. The van der Waals surface area contributed by atoms with E-state index in [0.29, 0.717) is 0 Å². The molecule has 0 spiro atoms. The van der Waals surface area contributed by atoms with Crippen molar-refractivity contribution in [1.82, 2.24) is 0 Å². The third-order valence-corrected chi connectivity index (χ3v) is 2.65. The summed E-state index contributed by atoms with van der Waals surface area (Å²) in [6, 6.07) is 4.41. The molecule has 0 saturated carbocycles. The van der Waals surface area contributed by atoms with Gasteiger partial charge in [0.25, 0.3) is 0 Å². The molecule has 48 valence electrons. The van der Waals surface area contributed by atoms with Gasteiger partial charge in [-0.15, -0.1) is 0 Å². The van der Waals surface area contributed by atoms with E-state index in [0.717, 1.165) is 0 Å². The maximum absolute atomic E-state index is 2.77. The van der Waals surface area contributed by atoms with E-state index in [1.807, 2.05) is 0 Å². The normalized spacial score (nSPS) is 10.1. The molecule has 0 aliphatic carbocycles. The van der Waals surface area contributed by atoms with Gasteiger partial charge in [-0.1, -0.05) is 0 Å². The van der Waals surface area contributed by atoms with Gasteiger partial charge >= 0.3 is 70.3 Å². The van der Waals surface area contributed by atoms with Crippen molar-refractivity contribution in [2.75, 3.05) is 0 Å². The van der Waals surface area contributed by atoms with Gasteiger partial charge in [0.1, 0.15) is 0 Å². The Hall–Kier alpha value is -0.248. The van der Waals surface area contributed by atoms with Crippen molar-refractivity contribution >= 4 is 20.7 Å². The van der Waals surface area contributed by atoms with Crippen LogP contribution in [0, 0.1) is 20.8 Å². The summed E-state index contributed by atoms with van der Waals surface area (Å²) in [6.07, 6.45) is 0. The molecule has 0 aliphatic rings. The average Bonchev–Trinajstić information content (AvgIpc) is 1.82. The molecule has 0 atom stereocenters. The number of hydrogen-bond donors (Lipinski definition) is 0. The fourth-order valence-electron chi connectivity index (χ4n) is 1.19. The number of rotatable bonds is 0. The topological polar surface area (TPSA) is 0 Å². The van der Waals surface area contributed by atoms with Gasteiger partial charge in [-0.3, -0.25) is 0 Å². The number of benzene rings is 1. The van der Waals surface area contributed by atoms with Crippen molar-refractivity contribution in [3.8, 4) is 0 Å². The third kappa shape index (κ3) is 1.42. The molecule has 0 radical (unpaired) electrons. The van der Waals surface area contributed by atoms with Crippen molar-refractivity contribution in [1.29, 1.82) is 0 Å². The molecule has 0 aliphatic heterocycles. The van der Waals surface area contributed by atoms with Crippen LogP contribution in [0.15, 0.2) is 12.1 Å². The van der Waals surface area contributed by atoms with Crippen molar-refractivity contribution in [2.24, 2.45) is 0 Å². The van der Waals surface area contributed by atoms with Gasteiger partial charge in [0.05, 0.1) is 0 Å². The van der Waals surface area contributed by atoms with Crippen LogP contribution in [0.4, 0.5) is 0 Å². The van der Waals surface area contributed by atoms with E-state index in [-0.39, 0.29) is 0 Å². The fraction of sp³-hybridized carbons (Fsp3) is 0.333. The fourth-order valence-corrected chi connectivity index (χ4v) is 1.36. The van der Waals surface area contributed by atoms with Gasteiger partial charge in [-0.2, -0.15) is 0 Å².